The molecule has 0 aliphatic carbocycles. The topological polar surface area (TPSA) is 30.7 Å². The van der Waals surface area contributed by atoms with E-state index in [-0.39, 0.29) is 17.0 Å². The first-order valence-electron chi connectivity index (χ1n) is 5.38. The predicted octanol–water partition coefficient (Wildman–Crippen LogP) is 3.49. The highest BCUT2D eigenvalue weighted by Crippen LogP contribution is 2.24. The van der Waals surface area contributed by atoms with Crippen LogP contribution in [0, 0.1) is 12.7 Å². The van der Waals surface area contributed by atoms with Crippen molar-refractivity contribution in [3.63, 3.8) is 0 Å². The molecule has 0 aliphatic rings. The Hall–Kier alpha value is -1.42. The quantitative estimate of drug-likeness (QED) is 0.820. The molecule has 5 heteroatoms. The second-order valence-electron chi connectivity index (χ2n) is 4.27. The van der Waals surface area contributed by atoms with Crippen molar-refractivity contribution in [2.45, 2.75) is 26.7 Å². The molecule has 1 aromatic carbocycles. The minimum atomic E-state index is -0.334. The van der Waals surface area contributed by atoms with Gasteiger partial charge in [0.25, 0.3) is 0 Å². The van der Waals surface area contributed by atoms with Gasteiger partial charge in [-0.2, -0.15) is 0 Å². The smallest absolute Gasteiger partial charge is 0.229 e. The highest BCUT2D eigenvalue weighted by Gasteiger charge is 2.17. The molecule has 0 fully saturated rings. The van der Waals surface area contributed by atoms with Gasteiger partial charge in [0.15, 0.2) is 0 Å². The van der Waals surface area contributed by atoms with Crippen LogP contribution in [0.3, 0.4) is 0 Å². The summed E-state index contributed by atoms with van der Waals surface area (Å²) in [6.07, 6.45) is 0. The number of hydrogen-bond donors (Lipinski definition) is 0. The van der Waals surface area contributed by atoms with Crippen LogP contribution in [0.5, 0.6) is 0 Å². The molecule has 0 radical (unpaired) electrons. The lowest BCUT2D eigenvalue weighted by molar-refractivity contribution is 0.611. The lowest BCUT2D eigenvalue weighted by atomic mass is 10.2. The van der Waals surface area contributed by atoms with E-state index >= 15 is 0 Å². The first-order valence-corrected chi connectivity index (χ1v) is 5.76. The van der Waals surface area contributed by atoms with Crippen molar-refractivity contribution in [2.24, 2.45) is 0 Å². The summed E-state index contributed by atoms with van der Waals surface area (Å²) >= 11 is 5.97. The summed E-state index contributed by atoms with van der Waals surface area (Å²) in [5, 5.41) is 7.95. The number of halogens is 2. The molecule has 90 valence electrons. The number of benzene rings is 1. The maximum absolute atomic E-state index is 13.8. The molecule has 0 atom stereocenters. The molecule has 0 saturated carbocycles. The normalized spacial score (nSPS) is 11.2. The van der Waals surface area contributed by atoms with Crippen LogP contribution in [0.25, 0.3) is 5.69 Å². The van der Waals surface area contributed by atoms with Gasteiger partial charge in [-0.15, -0.1) is 10.2 Å². The van der Waals surface area contributed by atoms with E-state index in [1.165, 1.54) is 6.07 Å². The fraction of sp³-hybridized carbons (Fsp3) is 0.333. The summed E-state index contributed by atoms with van der Waals surface area (Å²) in [6, 6.07) is 4.87. The molecular formula is C12H13ClFN3. The monoisotopic (exact) mass is 253 g/mol. The van der Waals surface area contributed by atoms with Gasteiger partial charge in [-0.25, -0.2) is 4.39 Å². The molecule has 1 aromatic heterocycles. The van der Waals surface area contributed by atoms with Crippen LogP contribution in [-0.4, -0.2) is 14.8 Å². The van der Waals surface area contributed by atoms with Gasteiger partial charge < -0.3 is 0 Å². The Morgan fingerprint density at radius 1 is 1.29 bits per heavy atom. The minimum absolute atomic E-state index is 0.120. The van der Waals surface area contributed by atoms with E-state index in [1.807, 2.05) is 20.8 Å². The van der Waals surface area contributed by atoms with E-state index in [1.54, 1.807) is 16.7 Å². The Kier molecular flexibility index (Phi) is 3.15. The third kappa shape index (κ3) is 2.17. The molecule has 0 amide bonds. The summed E-state index contributed by atoms with van der Waals surface area (Å²) < 4.78 is 15.4. The minimum Gasteiger partial charge on any atom is -0.267 e. The summed E-state index contributed by atoms with van der Waals surface area (Å²) in [7, 11) is 0. The zero-order valence-corrected chi connectivity index (χ0v) is 10.7. The van der Waals surface area contributed by atoms with Gasteiger partial charge in [0.2, 0.25) is 5.28 Å². The highest BCUT2D eigenvalue weighted by atomic mass is 35.5. The fourth-order valence-corrected chi connectivity index (χ4v) is 1.88. The standard InChI is InChI=1S/C12H13ClFN3/c1-7(2)11-15-16-12(13)17(11)10-6-8(3)4-5-9(10)14/h4-7H,1-3H3. The number of nitrogens with zero attached hydrogens (tertiary/aromatic N) is 3. The molecule has 0 saturated heterocycles. The predicted molar refractivity (Wildman–Crippen MR) is 65.2 cm³/mol. The molecule has 17 heavy (non-hydrogen) atoms. The van der Waals surface area contributed by atoms with Crippen LogP contribution >= 0.6 is 11.6 Å². The Morgan fingerprint density at radius 2 is 2.00 bits per heavy atom. The lowest BCUT2D eigenvalue weighted by Crippen LogP contribution is -2.05. The van der Waals surface area contributed by atoms with E-state index in [0.29, 0.717) is 11.5 Å². The van der Waals surface area contributed by atoms with E-state index in [4.69, 9.17) is 11.6 Å². The van der Waals surface area contributed by atoms with E-state index < -0.39 is 0 Å². The van der Waals surface area contributed by atoms with Crippen LogP contribution in [0.1, 0.15) is 31.2 Å². The van der Waals surface area contributed by atoms with Crippen LogP contribution in [0.15, 0.2) is 18.2 Å². The van der Waals surface area contributed by atoms with Crippen LogP contribution < -0.4 is 0 Å². The third-order valence-electron chi connectivity index (χ3n) is 2.51. The fourth-order valence-electron chi connectivity index (χ4n) is 1.67. The molecule has 0 N–H and O–H groups in total. The molecule has 1 heterocycles. The highest BCUT2D eigenvalue weighted by molar-refractivity contribution is 6.28. The van der Waals surface area contributed by atoms with Crippen LogP contribution in [0.4, 0.5) is 4.39 Å². The maximum Gasteiger partial charge on any atom is 0.229 e. The van der Waals surface area contributed by atoms with E-state index in [9.17, 15) is 4.39 Å². The largest absolute Gasteiger partial charge is 0.267 e. The zero-order chi connectivity index (χ0) is 12.6. The molecule has 2 rings (SSSR count). The molecule has 0 unspecified atom stereocenters. The summed E-state index contributed by atoms with van der Waals surface area (Å²) in [5.41, 5.74) is 1.35. The van der Waals surface area contributed by atoms with Crippen LogP contribution in [-0.2, 0) is 0 Å². The second-order valence-corrected chi connectivity index (χ2v) is 4.61. The van der Waals surface area contributed by atoms with Crippen LogP contribution in [0.2, 0.25) is 5.28 Å². The van der Waals surface area contributed by atoms with Crippen molar-refractivity contribution in [3.05, 3.63) is 40.7 Å². The van der Waals surface area contributed by atoms with Gasteiger partial charge in [-0.1, -0.05) is 19.9 Å². The van der Waals surface area contributed by atoms with Gasteiger partial charge >= 0.3 is 0 Å². The Balaban J connectivity index is 2.67. The Bertz CT molecular complexity index is 549. The van der Waals surface area contributed by atoms with Crippen molar-refractivity contribution in [1.82, 2.24) is 14.8 Å². The van der Waals surface area contributed by atoms with E-state index in [0.717, 1.165) is 5.56 Å². The average molecular weight is 254 g/mol. The van der Waals surface area contributed by atoms with Crippen molar-refractivity contribution >= 4 is 11.6 Å². The average Bonchev–Trinajstić information content (AvgIpc) is 2.64. The molecular weight excluding hydrogens is 241 g/mol. The van der Waals surface area contributed by atoms with Gasteiger partial charge in [0.1, 0.15) is 11.6 Å². The van der Waals surface area contributed by atoms with E-state index in [2.05, 4.69) is 10.2 Å². The Morgan fingerprint density at radius 3 is 2.65 bits per heavy atom. The summed E-state index contributed by atoms with van der Waals surface area (Å²) in [5.74, 6) is 0.439. The number of aromatic nitrogens is 3. The van der Waals surface area contributed by atoms with Crippen molar-refractivity contribution in [2.75, 3.05) is 0 Å². The SMILES string of the molecule is Cc1ccc(F)c(-n2c(Cl)nnc2C(C)C)c1. The molecule has 0 aliphatic heterocycles. The van der Waals surface area contributed by atoms with Crippen molar-refractivity contribution < 1.29 is 4.39 Å². The second kappa shape index (κ2) is 4.45. The van der Waals surface area contributed by atoms with Gasteiger partial charge in [0.05, 0.1) is 5.69 Å². The first kappa shape index (κ1) is 12.0. The molecule has 2 aromatic rings. The maximum atomic E-state index is 13.8. The van der Waals surface area contributed by atoms with Gasteiger partial charge in [-0.05, 0) is 36.2 Å². The van der Waals surface area contributed by atoms with Gasteiger partial charge in [-0.3, -0.25) is 4.57 Å². The lowest BCUT2D eigenvalue weighted by Gasteiger charge is -2.11. The molecule has 0 bridgehead atoms. The molecule has 0 spiro atoms. The number of rotatable bonds is 2. The molecule has 3 nitrogen and oxygen atoms in total. The van der Waals surface area contributed by atoms with Gasteiger partial charge in [0, 0.05) is 5.92 Å². The third-order valence-corrected chi connectivity index (χ3v) is 2.75. The zero-order valence-electron chi connectivity index (χ0n) is 9.91. The van der Waals surface area contributed by atoms with Crippen molar-refractivity contribution in [3.8, 4) is 5.69 Å². The summed E-state index contributed by atoms with van der Waals surface area (Å²) in [6.45, 7) is 5.82. The number of hydrogen-bond acceptors (Lipinski definition) is 2. The summed E-state index contributed by atoms with van der Waals surface area (Å²) in [4.78, 5) is 0. The number of aryl methyl sites for hydroxylation is 1. The Labute approximate surface area is 104 Å². The first-order chi connectivity index (χ1) is 8.00. The van der Waals surface area contributed by atoms with Crippen molar-refractivity contribution in [1.29, 1.82) is 0 Å².